The van der Waals surface area contributed by atoms with E-state index in [0.717, 1.165) is 12.3 Å². The third-order valence-corrected chi connectivity index (χ3v) is 1.07. The largest absolute Gasteiger partial charge is 0.245 e. The van der Waals surface area contributed by atoms with Crippen LogP contribution in [0, 0.1) is 0 Å². The van der Waals surface area contributed by atoms with E-state index in [-0.39, 0.29) is 0 Å². The van der Waals surface area contributed by atoms with Crippen LogP contribution in [0.15, 0.2) is 27.3 Å². The normalized spacial score (nSPS) is 31.1. The van der Waals surface area contributed by atoms with Crippen LogP contribution in [0.25, 0.3) is 0 Å². The lowest BCUT2D eigenvalue weighted by Crippen LogP contribution is -1.91. The summed E-state index contributed by atoms with van der Waals surface area (Å²) in [5.41, 5.74) is 0. The lowest BCUT2D eigenvalue weighted by Gasteiger charge is -1.91. The fourth-order valence-electron chi connectivity index (χ4n) is 0.572. The van der Waals surface area contributed by atoms with Crippen molar-refractivity contribution >= 4 is 18.4 Å². The fraction of sp³-hybridized carbons (Fsp3) is 0.286. The summed E-state index contributed by atoms with van der Waals surface area (Å²) < 4.78 is 0. The van der Waals surface area contributed by atoms with Crippen LogP contribution in [0.1, 0.15) is 13.3 Å². The fourth-order valence-corrected chi connectivity index (χ4v) is 0.572. The Labute approximate surface area is 59.9 Å². The zero-order valence-electron chi connectivity index (χ0n) is 5.86. The van der Waals surface area contributed by atoms with Crippen molar-refractivity contribution in [2.45, 2.75) is 13.3 Å². The molecule has 52 valence electrons. The standard InChI is InChI=1S/C7H9N3/c1-2-7-9-5-3-4-8-6-10-7/h3-6H,2H2,1H3/b4-3?,5-3+,8-4+,8-6?,9-5?,9-7-,10-6-,10-7?. The highest BCUT2D eigenvalue weighted by Crippen LogP contribution is 1.90. The summed E-state index contributed by atoms with van der Waals surface area (Å²) in [6.07, 6.45) is 7.47. The minimum absolute atomic E-state index is 0.813. The van der Waals surface area contributed by atoms with E-state index in [2.05, 4.69) is 15.0 Å². The average molecular weight is 135 g/mol. The molecule has 0 N–H and O–H groups in total. The molecule has 0 atom stereocenters. The maximum Gasteiger partial charge on any atom is 0.129 e. The highest BCUT2D eigenvalue weighted by Gasteiger charge is 1.87. The number of nitrogens with zero attached hydrogens (tertiary/aromatic N) is 3. The minimum atomic E-state index is 0.813. The summed E-state index contributed by atoms with van der Waals surface area (Å²) in [6, 6.07) is 0. The molecular weight excluding hydrogens is 126 g/mol. The van der Waals surface area contributed by atoms with E-state index in [4.69, 9.17) is 0 Å². The Morgan fingerprint density at radius 3 is 3.20 bits per heavy atom. The van der Waals surface area contributed by atoms with Gasteiger partial charge in [0.1, 0.15) is 12.2 Å². The molecule has 0 bridgehead atoms. The van der Waals surface area contributed by atoms with Crippen LogP contribution < -0.4 is 0 Å². The van der Waals surface area contributed by atoms with Crippen LogP contribution in [0.5, 0.6) is 0 Å². The number of aliphatic imine (C=N–C) groups is 3. The second-order valence-electron chi connectivity index (χ2n) is 1.78. The van der Waals surface area contributed by atoms with E-state index >= 15 is 0 Å². The van der Waals surface area contributed by atoms with E-state index in [1.165, 1.54) is 6.34 Å². The number of hydrogen-bond donors (Lipinski definition) is 0. The first-order valence-corrected chi connectivity index (χ1v) is 3.21. The van der Waals surface area contributed by atoms with Crippen LogP contribution in [-0.2, 0) is 0 Å². The number of amidine groups is 1. The molecule has 1 rings (SSSR count). The van der Waals surface area contributed by atoms with Crippen LogP contribution in [0.4, 0.5) is 0 Å². The second kappa shape index (κ2) is 3.71. The predicted octanol–water partition coefficient (Wildman–Crippen LogP) is 1.42. The maximum atomic E-state index is 4.05. The summed E-state index contributed by atoms with van der Waals surface area (Å²) >= 11 is 0. The van der Waals surface area contributed by atoms with Gasteiger partial charge in [-0.3, -0.25) is 0 Å². The second-order valence-corrected chi connectivity index (χ2v) is 1.78. The van der Waals surface area contributed by atoms with E-state index in [9.17, 15) is 0 Å². The van der Waals surface area contributed by atoms with Gasteiger partial charge in [0, 0.05) is 18.8 Å². The van der Waals surface area contributed by atoms with Crippen LogP contribution in [0.3, 0.4) is 0 Å². The highest BCUT2D eigenvalue weighted by atomic mass is 14.9. The van der Waals surface area contributed by atoms with Gasteiger partial charge in [0.25, 0.3) is 0 Å². The van der Waals surface area contributed by atoms with Gasteiger partial charge in [-0.15, -0.1) is 0 Å². The summed E-state index contributed by atoms with van der Waals surface area (Å²) in [4.78, 5) is 11.9. The number of allylic oxidation sites excluding steroid dienone is 1. The van der Waals surface area contributed by atoms with Crippen LogP contribution in [-0.4, -0.2) is 18.4 Å². The van der Waals surface area contributed by atoms with Crippen molar-refractivity contribution in [1.29, 1.82) is 0 Å². The first-order chi connectivity index (χ1) is 4.93. The number of rotatable bonds is 1. The van der Waals surface area contributed by atoms with Gasteiger partial charge in [0.05, 0.1) is 0 Å². The van der Waals surface area contributed by atoms with E-state index in [1.54, 1.807) is 18.5 Å². The van der Waals surface area contributed by atoms with Crippen molar-refractivity contribution in [3.05, 3.63) is 12.3 Å². The van der Waals surface area contributed by atoms with Gasteiger partial charge < -0.3 is 0 Å². The number of hydrogen-bond acceptors (Lipinski definition) is 3. The van der Waals surface area contributed by atoms with Crippen molar-refractivity contribution in [1.82, 2.24) is 0 Å². The molecule has 0 saturated heterocycles. The molecule has 0 unspecified atom stereocenters. The van der Waals surface area contributed by atoms with E-state index in [0.29, 0.717) is 0 Å². The van der Waals surface area contributed by atoms with Gasteiger partial charge in [-0.25, -0.2) is 15.0 Å². The molecule has 0 aromatic carbocycles. The first-order valence-electron chi connectivity index (χ1n) is 3.21. The van der Waals surface area contributed by atoms with E-state index < -0.39 is 0 Å². The first kappa shape index (κ1) is 6.86. The molecule has 3 heteroatoms. The molecule has 0 spiro atoms. The highest BCUT2D eigenvalue weighted by molar-refractivity contribution is 5.93. The molecule has 0 aromatic heterocycles. The van der Waals surface area contributed by atoms with Gasteiger partial charge in [0.2, 0.25) is 0 Å². The topological polar surface area (TPSA) is 37.1 Å². The molecule has 1 aliphatic heterocycles. The SMILES string of the molecule is CCC1=N/C=C/C=N/C=N\1. The molecule has 3 nitrogen and oxygen atoms in total. The lowest BCUT2D eigenvalue weighted by atomic mass is 10.4. The van der Waals surface area contributed by atoms with Crippen LogP contribution >= 0.6 is 0 Å². The average Bonchev–Trinajstić information content (AvgIpc) is 1.87. The van der Waals surface area contributed by atoms with E-state index in [1.807, 2.05) is 6.92 Å². The zero-order chi connectivity index (χ0) is 7.23. The Balaban J connectivity index is 2.73. The molecule has 1 aliphatic rings. The maximum absolute atomic E-state index is 4.05. The van der Waals surface area contributed by atoms with Crippen molar-refractivity contribution in [2.75, 3.05) is 0 Å². The van der Waals surface area contributed by atoms with Crippen molar-refractivity contribution in [3.63, 3.8) is 0 Å². The summed E-state index contributed by atoms with van der Waals surface area (Å²) in [5.74, 6) is 0.813. The molecule has 10 heavy (non-hydrogen) atoms. The molecule has 0 aromatic rings. The zero-order valence-corrected chi connectivity index (χ0v) is 5.86. The van der Waals surface area contributed by atoms with Gasteiger partial charge >= 0.3 is 0 Å². The molecule has 0 radical (unpaired) electrons. The quantitative estimate of drug-likeness (QED) is 0.521. The predicted molar refractivity (Wildman–Crippen MR) is 43.9 cm³/mol. The third-order valence-electron chi connectivity index (χ3n) is 1.07. The molecule has 0 fully saturated rings. The Bertz CT molecular complexity index is 211. The van der Waals surface area contributed by atoms with Crippen molar-refractivity contribution in [3.8, 4) is 0 Å². The summed E-state index contributed by atoms with van der Waals surface area (Å²) in [6.45, 7) is 2.01. The smallest absolute Gasteiger partial charge is 0.129 e. The molecular formula is C7H9N3. The molecule has 1 heterocycles. The van der Waals surface area contributed by atoms with Crippen LogP contribution in [0.2, 0.25) is 0 Å². The van der Waals surface area contributed by atoms with Crippen molar-refractivity contribution < 1.29 is 0 Å². The Morgan fingerprint density at radius 2 is 2.40 bits per heavy atom. The van der Waals surface area contributed by atoms with Gasteiger partial charge in [-0.1, -0.05) is 6.92 Å². The summed E-state index contributed by atoms with van der Waals surface area (Å²) in [5, 5.41) is 0. The summed E-state index contributed by atoms with van der Waals surface area (Å²) in [7, 11) is 0. The monoisotopic (exact) mass is 135 g/mol. The molecule has 0 amide bonds. The Hall–Kier alpha value is -1.25. The van der Waals surface area contributed by atoms with Crippen molar-refractivity contribution in [2.24, 2.45) is 15.0 Å². The third kappa shape index (κ3) is 1.93. The Morgan fingerprint density at radius 1 is 1.50 bits per heavy atom. The van der Waals surface area contributed by atoms with Gasteiger partial charge in [0.15, 0.2) is 0 Å². The van der Waals surface area contributed by atoms with Gasteiger partial charge in [-0.2, -0.15) is 0 Å². The Kier molecular flexibility index (Phi) is 2.55. The lowest BCUT2D eigenvalue weighted by molar-refractivity contribution is 1.23. The molecule has 0 aliphatic carbocycles. The minimum Gasteiger partial charge on any atom is -0.245 e. The molecule has 0 saturated carbocycles. The van der Waals surface area contributed by atoms with Gasteiger partial charge in [-0.05, 0) is 6.08 Å².